The van der Waals surface area contributed by atoms with Crippen LogP contribution in [0.4, 0.5) is 0 Å². The van der Waals surface area contributed by atoms with Crippen LogP contribution in [0.3, 0.4) is 0 Å². The summed E-state index contributed by atoms with van der Waals surface area (Å²) in [5.41, 5.74) is 0. The highest BCUT2D eigenvalue weighted by molar-refractivity contribution is 5.75. The Morgan fingerprint density at radius 1 is 1.67 bits per heavy atom. The zero-order valence-corrected chi connectivity index (χ0v) is 7.73. The van der Waals surface area contributed by atoms with Crippen LogP contribution < -0.4 is 10.6 Å². The zero-order chi connectivity index (χ0) is 8.81. The molecule has 0 unspecified atom stereocenters. The third kappa shape index (κ3) is 3.22. The van der Waals surface area contributed by atoms with Gasteiger partial charge in [-0.25, -0.2) is 0 Å². The van der Waals surface area contributed by atoms with Crippen LogP contribution in [-0.2, 0) is 4.79 Å². The average Bonchev–Trinajstić information content (AvgIpc) is 2.16. The van der Waals surface area contributed by atoms with E-state index >= 15 is 0 Å². The lowest BCUT2D eigenvalue weighted by Crippen LogP contribution is -2.30. The maximum absolute atomic E-state index is 10.9. The van der Waals surface area contributed by atoms with Gasteiger partial charge in [-0.15, -0.1) is 0 Å². The predicted octanol–water partition coefficient (Wildman–Crippen LogP) is 0.512. The third-order valence-electron chi connectivity index (χ3n) is 2.46. The molecule has 1 aliphatic heterocycles. The predicted molar refractivity (Wildman–Crippen MR) is 48.9 cm³/mol. The molecule has 1 heterocycles. The summed E-state index contributed by atoms with van der Waals surface area (Å²) in [7, 11) is 1.70. The van der Waals surface area contributed by atoms with Crippen molar-refractivity contribution >= 4 is 5.91 Å². The molecule has 3 nitrogen and oxygen atoms in total. The van der Waals surface area contributed by atoms with Crippen LogP contribution >= 0.6 is 0 Å². The van der Waals surface area contributed by atoms with Gasteiger partial charge in [0.15, 0.2) is 0 Å². The molecule has 1 amide bonds. The highest BCUT2D eigenvalue weighted by Crippen LogP contribution is 2.15. The monoisotopic (exact) mass is 170 g/mol. The number of hydrogen-bond acceptors (Lipinski definition) is 2. The van der Waals surface area contributed by atoms with Crippen molar-refractivity contribution in [3.05, 3.63) is 0 Å². The second kappa shape index (κ2) is 5.14. The van der Waals surface area contributed by atoms with Crippen molar-refractivity contribution in [2.24, 2.45) is 5.92 Å². The van der Waals surface area contributed by atoms with E-state index in [1.54, 1.807) is 7.05 Å². The lowest BCUT2D eigenvalue weighted by atomic mass is 9.95. The average molecular weight is 170 g/mol. The summed E-state index contributed by atoms with van der Waals surface area (Å²) in [6.45, 7) is 2.24. The van der Waals surface area contributed by atoms with Gasteiger partial charge >= 0.3 is 0 Å². The Labute approximate surface area is 73.9 Å². The van der Waals surface area contributed by atoms with Crippen molar-refractivity contribution in [3.63, 3.8) is 0 Å². The summed E-state index contributed by atoms with van der Waals surface area (Å²) < 4.78 is 0. The van der Waals surface area contributed by atoms with Gasteiger partial charge in [0, 0.05) is 13.5 Å². The minimum Gasteiger partial charge on any atom is -0.359 e. The fraction of sp³-hybridized carbons (Fsp3) is 0.889. The molecule has 0 spiro atoms. The molecule has 1 saturated heterocycles. The molecule has 0 aliphatic carbocycles. The molecule has 3 heteroatoms. The van der Waals surface area contributed by atoms with E-state index in [0.29, 0.717) is 6.42 Å². The summed E-state index contributed by atoms with van der Waals surface area (Å²) in [6, 6.07) is 0. The Kier molecular flexibility index (Phi) is 4.08. The van der Waals surface area contributed by atoms with E-state index in [1.165, 1.54) is 12.8 Å². The van der Waals surface area contributed by atoms with E-state index in [9.17, 15) is 4.79 Å². The Balaban J connectivity index is 2.09. The first kappa shape index (κ1) is 9.52. The molecule has 1 aliphatic rings. The van der Waals surface area contributed by atoms with Crippen LogP contribution in [0.1, 0.15) is 25.7 Å². The number of amides is 1. The van der Waals surface area contributed by atoms with E-state index in [1.807, 2.05) is 0 Å². The van der Waals surface area contributed by atoms with Crippen LogP contribution in [-0.4, -0.2) is 26.0 Å². The Bertz CT molecular complexity index is 141. The topological polar surface area (TPSA) is 41.1 Å². The molecule has 0 radical (unpaired) electrons. The summed E-state index contributed by atoms with van der Waals surface area (Å²) in [6.07, 6.45) is 4.26. The first-order chi connectivity index (χ1) is 5.83. The first-order valence-electron chi connectivity index (χ1n) is 4.74. The number of hydrogen-bond donors (Lipinski definition) is 2. The van der Waals surface area contributed by atoms with Crippen LogP contribution in [0.15, 0.2) is 0 Å². The minimum atomic E-state index is 0.167. The van der Waals surface area contributed by atoms with Gasteiger partial charge in [-0.05, 0) is 38.3 Å². The number of nitrogens with one attached hydrogen (secondary N) is 2. The smallest absolute Gasteiger partial charge is 0.219 e. The van der Waals surface area contributed by atoms with Gasteiger partial charge in [0.25, 0.3) is 0 Å². The first-order valence-corrected chi connectivity index (χ1v) is 4.74. The van der Waals surface area contributed by atoms with Gasteiger partial charge < -0.3 is 10.6 Å². The van der Waals surface area contributed by atoms with Crippen molar-refractivity contribution in [2.45, 2.75) is 25.7 Å². The molecule has 1 fully saturated rings. The van der Waals surface area contributed by atoms with Gasteiger partial charge in [0.1, 0.15) is 0 Å². The van der Waals surface area contributed by atoms with Crippen LogP contribution in [0, 0.1) is 5.92 Å². The molecule has 70 valence electrons. The van der Waals surface area contributed by atoms with Crippen LogP contribution in [0.25, 0.3) is 0 Å². The molecule has 12 heavy (non-hydrogen) atoms. The summed E-state index contributed by atoms with van der Waals surface area (Å²) in [5.74, 6) is 0.886. The summed E-state index contributed by atoms with van der Waals surface area (Å²) in [5, 5.41) is 5.99. The highest BCUT2D eigenvalue weighted by atomic mass is 16.1. The Morgan fingerprint density at radius 2 is 2.50 bits per heavy atom. The summed E-state index contributed by atoms with van der Waals surface area (Å²) >= 11 is 0. The number of piperidine rings is 1. The standard InChI is InChI=1S/C9H18N2O/c1-10-9(12)5-4-8-3-2-6-11-7-8/h8,11H,2-7H2,1H3,(H,10,12)/t8-/m1/s1. The second-order valence-corrected chi connectivity index (χ2v) is 3.42. The second-order valence-electron chi connectivity index (χ2n) is 3.42. The minimum absolute atomic E-state index is 0.167. The van der Waals surface area contributed by atoms with Gasteiger partial charge in [0.2, 0.25) is 5.91 Å². The van der Waals surface area contributed by atoms with Gasteiger partial charge in [-0.1, -0.05) is 0 Å². The van der Waals surface area contributed by atoms with Crippen molar-refractivity contribution < 1.29 is 4.79 Å². The van der Waals surface area contributed by atoms with Crippen molar-refractivity contribution in [1.82, 2.24) is 10.6 Å². The van der Waals surface area contributed by atoms with Gasteiger partial charge in [0.05, 0.1) is 0 Å². The van der Waals surface area contributed by atoms with E-state index in [0.717, 1.165) is 25.4 Å². The fourth-order valence-electron chi connectivity index (χ4n) is 1.63. The number of carbonyl (C=O) groups excluding carboxylic acids is 1. The quantitative estimate of drug-likeness (QED) is 0.648. The summed E-state index contributed by atoms with van der Waals surface area (Å²) in [4.78, 5) is 10.9. The SMILES string of the molecule is CNC(=O)CC[C@H]1CCCNC1. The molecule has 0 saturated carbocycles. The molecule has 0 aromatic heterocycles. The van der Waals surface area contributed by atoms with Crippen molar-refractivity contribution in [2.75, 3.05) is 20.1 Å². The molecule has 0 bridgehead atoms. The fourth-order valence-corrected chi connectivity index (χ4v) is 1.63. The lowest BCUT2D eigenvalue weighted by molar-refractivity contribution is -0.120. The number of rotatable bonds is 3. The van der Waals surface area contributed by atoms with Gasteiger partial charge in [-0.3, -0.25) is 4.79 Å². The van der Waals surface area contributed by atoms with Crippen molar-refractivity contribution in [1.29, 1.82) is 0 Å². The molecule has 1 rings (SSSR count). The maximum atomic E-state index is 10.9. The normalized spacial score (nSPS) is 23.6. The Morgan fingerprint density at radius 3 is 3.08 bits per heavy atom. The lowest BCUT2D eigenvalue weighted by Gasteiger charge is -2.22. The van der Waals surface area contributed by atoms with Crippen LogP contribution in [0.5, 0.6) is 0 Å². The molecule has 0 aromatic carbocycles. The highest BCUT2D eigenvalue weighted by Gasteiger charge is 2.13. The van der Waals surface area contributed by atoms with E-state index in [4.69, 9.17) is 0 Å². The Hall–Kier alpha value is -0.570. The van der Waals surface area contributed by atoms with Gasteiger partial charge in [-0.2, -0.15) is 0 Å². The number of carbonyl (C=O) groups is 1. The molecule has 0 aromatic rings. The molecule has 2 N–H and O–H groups in total. The zero-order valence-electron chi connectivity index (χ0n) is 7.73. The van der Waals surface area contributed by atoms with E-state index < -0.39 is 0 Å². The van der Waals surface area contributed by atoms with Crippen LogP contribution in [0.2, 0.25) is 0 Å². The third-order valence-corrected chi connectivity index (χ3v) is 2.46. The van der Waals surface area contributed by atoms with E-state index in [-0.39, 0.29) is 5.91 Å². The maximum Gasteiger partial charge on any atom is 0.219 e. The molecular weight excluding hydrogens is 152 g/mol. The largest absolute Gasteiger partial charge is 0.359 e. The molecule has 1 atom stereocenters. The van der Waals surface area contributed by atoms with E-state index in [2.05, 4.69) is 10.6 Å². The molecular formula is C9H18N2O. The van der Waals surface area contributed by atoms with Crippen molar-refractivity contribution in [3.8, 4) is 0 Å².